The van der Waals surface area contributed by atoms with E-state index >= 15 is 0 Å². The Morgan fingerprint density at radius 3 is 2.79 bits per heavy atom. The highest BCUT2D eigenvalue weighted by atomic mass is 32.1. The fraction of sp³-hybridized carbons (Fsp3) is 0.550. The fourth-order valence-corrected chi connectivity index (χ4v) is 4.35. The zero-order chi connectivity index (χ0) is 20.3. The second-order valence-electron chi connectivity index (χ2n) is 7.56. The van der Waals surface area contributed by atoms with Gasteiger partial charge in [0.2, 0.25) is 0 Å². The quantitative estimate of drug-likeness (QED) is 0.738. The van der Waals surface area contributed by atoms with E-state index in [4.69, 9.17) is 4.74 Å². The summed E-state index contributed by atoms with van der Waals surface area (Å²) < 4.78 is 7.19. The average Bonchev–Trinajstić information content (AvgIpc) is 3.07. The molecule has 0 bridgehead atoms. The number of rotatable bonds is 6. The number of amides is 1. The Hall–Kier alpha value is -2.19. The lowest BCUT2D eigenvalue weighted by Crippen LogP contribution is -2.32. The molecule has 1 aliphatic heterocycles. The lowest BCUT2D eigenvalue weighted by atomic mass is 10.1. The summed E-state index contributed by atoms with van der Waals surface area (Å²) in [5.41, 5.74) is 1.15. The third kappa shape index (κ3) is 4.44. The maximum atomic E-state index is 13.3. The molecule has 0 unspecified atom stereocenters. The number of hydrogen-bond acceptors (Lipinski definition) is 6. The standard InChI is InChI=1S/C20H28N4O3S/c1-14(2)12-23-7-5-15-19(16(27-4)11-18(25)24(15)9-8-23)20(26)22(3)13-17-21-6-10-28-17/h6,10-11,14H,5,7-9,12-13H2,1-4H3. The van der Waals surface area contributed by atoms with Crippen molar-refractivity contribution >= 4 is 17.2 Å². The molecule has 2 aromatic heterocycles. The molecule has 0 aliphatic carbocycles. The zero-order valence-corrected chi connectivity index (χ0v) is 17.8. The molecule has 0 aromatic carbocycles. The number of pyridine rings is 1. The molecule has 0 fully saturated rings. The molecule has 8 heteroatoms. The van der Waals surface area contributed by atoms with Crippen molar-refractivity contribution in [3.05, 3.63) is 44.3 Å². The summed E-state index contributed by atoms with van der Waals surface area (Å²) in [6, 6.07) is 1.44. The molecule has 3 rings (SSSR count). The summed E-state index contributed by atoms with van der Waals surface area (Å²) in [6.07, 6.45) is 2.38. The first-order valence-corrected chi connectivity index (χ1v) is 10.5. The van der Waals surface area contributed by atoms with Crippen LogP contribution in [0.4, 0.5) is 0 Å². The van der Waals surface area contributed by atoms with Crippen molar-refractivity contribution in [2.45, 2.75) is 33.4 Å². The normalized spacial score (nSPS) is 14.6. The van der Waals surface area contributed by atoms with Crippen molar-refractivity contribution in [1.29, 1.82) is 0 Å². The predicted octanol–water partition coefficient (Wildman–Crippen LogP) is 2.10. The number of fused-ring (bicyclic) bond motifs is 1. The van der Waals surface area contributed by atoms with Crippen LogP contribution in [0, 0.1) is 5.92 Å². The number of methoxy groups -OCH3 is 1. The van der Waals surface area contributed by atoms with E-state index in [2.05, 4.69) is 23.7 Å². The summed E-state index contributed by atoms with van der Waals surface area (Å²) in [5, 5.41) is 2.77. The fourth-order valence-electron chi connectivity index (χ4n) is 3.68. The van der Waals surface area contributed by atoms with Gasteiger partial charge in [0.15, 0.2) is 0 Å². The Morgan fingerprint density at radius 1 is 1.36 bits per heavy atom. The van der Waals surface area contributed by atoms with E-state index in [1.165, 1.54) is 24.5 Å². The monoisotopic (exact) mass is 404 g/mol. The van der Waals surface area contributed by atoms with E-state index in [1.54, 1.807) is 22.7 Å². The summed E-state index contributed by atoms with van der Waals surface area (Å²) >= 11 is 1.52. The van der Waals surface area contributed by atoms with Crippen LogP contribution in [-0.4, -0.2) is 59.0 Å². The molecule has 1 aliphatic rings. The highest BCUT2D eigenvalue weighted by Gasteiger charge is 2.27. The summed E-state index contributed by atoms with van der Waals surface area (Å²) in [6.45, 7) is 8.00. The molecule has 0 atom stereocenters. The number of ether oxygens (including phenoxy) is 1. The van der Waals surface area contributed by atoms with Crippen LogP contribution >= 0.6 is 11.3 Å². The molecule has 0 N–H and O–H groups in total. The van der Waals surface area contributed by atoms with Gasteiger partial charge >= 0.3 is 0 Å². The van der Waals surface area contributed by atoms with E-state index in [0.29, 0.717) is 36.7 Å². The van der Waals surface area contributed by atoms with Crippen molar-refractivity contribution in [3.63, 3.8) is 0 Å². The first-order valence-electron chi connectivity index (χ1n) is 9.57. The van der Waals surface area contributed by atoms with E-state index in [0.717, 1.165) is 30.3 Å². The topological polar surface area (TPSA) is 67.7 Å². The second-order valence-corrected chi connectivity index (χ2v) is 8.53. The second kappa shape index (κ2) is 8.87. The molecule has 0 saturated carbocycles. The first kappa shape index (κ1) is 20.5. The summed E-state index contributed by atoms with van der Waals surface area (Å²) in [4.78, 5) is 34.2. The number of thiazole rings is 1. The van der Waals surface area contributed by atoms with E-state index < -0.39 is 0 Å². The maximum Gasteiger partial charge on any atom is 0.259 e. The third-order valence-electron chi connectivity index (χ3n) is 4.95. The molecule has 28 heavy (non-hydrogen) atoms. The van der Waals surface area contributed by atoms with Crippen molar-refractivity contribution in [1.82, 2.24) is 19.4 Å². The van der Waals surface area contributed by atoms with Gasteiger partial charge in [-0.1, -0.05) is 13.8 Å². The predicted molar refractivity (Wildman–Crippen MR) is 110 cm³/mol. The molecule has 3 heterocycles. The Kier molecular flexibility index (Phi) is 6.51. The van der Waals surface area contributed by atoms with Gasteiger partial charge in [-0.2, -0.15) is 0 Å². The van der Waals surface area contributed by atoms with Crippen LogP contribution in [0.25, 0.3) is 0 Å². The largest absolute Gasteiger partial charge is 0.496 e. The van der Waals surface area contributed by atoms with Crippen molar-refractivity contribution in [2.24, 2.45) is 5.92 Å². The van der Waals surface area contributed by atoms with Crippen LogP contribution in [0.3, 0.4) is 0 Å². The van der Waals surface area contributed by atoms with Crippen LogP contribution in [0.5, 0.6) is 5.75 Å². The van der Waals surface area contributed by atoms with E-state index in [-0.39, 0.29) is 11.5 Å². The van der Waals surface area contributed by atoms with Crippen LogP contribution in [0.15, 0.2) is 22.4 Å². The molecule has 2 aromatic rings. The van der Waals surface area contributed by atoms with Crippen LogP contribution in [-0.2, 0) is 19.5 Å². The Bertz CT molecular complexity index is 876. The number of carbonyl (C=O) groups is 1. The molecule has 152 valence electrons. The first-order chi connectivity index (χ1) is 13.4. The molecular weight excluding hydrogens is 376 g/mol. The van der Waals surface area contributed by atoms with Gasteiger partial charge in [-0.25, -0.2) is 4.98 Å². The number of carbonyl (C=O) groups excluding carboxylic acids is 1. The van der Waals surface area contributed by atoms with Crippen molar-refractivity contribution in [2.75, 3.05) is 33.8 Å². The zero-order valence-electron chi connectivity index (χ0n) is 17.0. The SMILES string of the molecule is COc1cc(=O)n2c(c1C(=O)N(C)Cc1nccs1)CCN(CC(C)C)CC2. The Balaban J connectivity index is 1.95. The van der Waals surface area contributed by atoms with E-state index in [9.17, 15) is 9.59 Å². The molecular formula is C20H28N4O3S. The van der Waals surface area contributed by atoms with Crippen molar-refractivity contribution in [3.8, 4) is 5.75 Å². The minimum Gasteiger partial charge on any atom is -0.496 e. The van der Waals surface area contributed by atoms with Gasteiger partial charge in [-0.05, 0) is 5.92 Å². The van der Waals surface area contributed by atoms with Gasteiger partial charge in [0.25, 0.3) is 11.5 Å². The third-order valence-corrected chi connectivity index (χ3v) is 5.71. The number of aromatic nitrogens is 2. The van der Waals surface area contributed by atoms with Gasteiger partial charge in [-0.15, -0.1) is 11.3 Å². The molecule has 0 radical (unpaired) electrons. The van der Waals surface area contributed by atoms with Crippen molar-refractivity contribution < 1.29 is 9.53 Å². The smallest absolute Gasteiger partial charge is 0.259 e. The summed E-state index contributed by atoms with van der Waals surface area (Å²) in [7, 11) is 3.26. The molecule has 0 spiro atoms. The van der Waals surface area contributed by atoms with Crippen LogP contribution < -0.4 is 10.3 Å². The lowest BCUT2D eigenvalue weighted by Gasteiger charge is -2.22. The highest BCUT2D eigenvalue weighted by molar-refractivity contribution is 7.09. The molecule has 1 amide bonds. The maximum absolute atomic E-state index is 13.3. The molecule has 0 saturated heterocycles. The Labute approximate surface area is 169 Å². The number of nitrogens with zero attached hydrogens (tertiary/aromatic N) is 4. The minimum absolute atomic E-state index is 0.114. The van der Waals surface area contributed by atoms with Gasteiger partial charge in [0, 0.05) is 63.0 Å². The number of hydrogen-bond donors (Lipinski definition) is 0. The van der Waals surface area contributed by atoms with Crippen LogP contribution in [0.2, 0.25) is 0 Å². The van der Waals surface area contributed by atoms with Gasteiger partial charge in [0.1, 0.15) is 16.3 Å². The van der Waals surface area contributed by atoms with Gasteiger partial charge in [0.05, 0.1) is 13.7 Å². The summed E-state index contributed by atoms with van der Waals surface area (Å²) in [5.74, 6) is 0.760. The highest BCUT2D eigenvalue weighted by Crippen LogP contribution is 2.25. The van der Waals surface area contributed by atoms with Crippen LogP contribution in [0.1, 0.15) is 34.9 Å². The lowest BCUT2D eigenvalue weighted by molar-refractivity contribution is 0.0779. The van der Waals surface area contributed by atoms with Gasteiger partial charge < -0.3 is 19.1 Å². The van der Waals surface area contributed by atoms with E-state index in [1.807, 2.05) is 5.38 Å². The molecule has 7 nitrogen and oxygen atoms in total. The minimum atomic E-state index is -0.145. The average molecular weight is 405 g/mol. The Morgan fingerprint density at radius 2 is 2.14 bits per heavy atom. The van der Waals surface area contributed by atoms with Gasteiger partial charge in [-0.3, -0.25) is 9.59 Å².